The Morgan fingerprint density at radius 1 is 1.29 bits per heavy atom. The van der Waals surface area contributed by atoms with Gasteiger partial charge in [0.2, 0.25) is 0 Å². The minimum atomic E-state index is -0.568. The number of hydrogen-bond donors (Lipinski definition) is 1. The summed E-state index contributed by atoms with van der Waals surface area (Å²) in [7, 11) is 0. The maximum Gasteiger partial charge on any atom is 0.159 e. The molecule has 0 radical (unpaired) electrons. The molecule has 0 aliphatic rings. The highest BCUT2D eigenvalue weighted by molar-refractivity contribution is 5.91. The van der Waals surface area contributed by atoms with Gasteiger partial charge in [-0.25, -0.2) is 0 Å². The van der Waals surface area contributed by atoms with Crippen molar-refractivity contribution >= 4 is 5.78 Å². The molecule has 2 nitrogen and oxygen atoms in total. The van der Waals surface area contributed by atoms with Gasteiger partial charge in [-0.15, -0.1) is 0 Å². The van der Waals surface area contributed by atoms with Crippen molar-refractivity contribution in [1.29, 1.82) is 0 Å². The average Bonchev–Trinajstić information content (AvgIpc) is 2.38. The average molecular weight is 288 g/mol. The van der Waals surface area contributed by atoms with Crippen LogP contribution in [0.4, 0.5) is 0 Å². The molecule has 1 N–H and O–H groups in total. The molecule has 0 saturated carbocycles. The number of carbonyl (C=O) groups is 1. The minimum Gasteiger partial charge on any atom is -0.390 e. The molecule has 0 amide bonds. The zero-order valence-corrected chi connectivity index (χ0v) is 13.5. The van der Waals surface area contributed by atoms with Crippen molar-refractivity contribution in [2.45, 2.75) is 58.5 Å². The van der Waals surface area contributed by atoms with Crippen LogP contribution in [0, 0.1) is 5.92 Å². The van der Waals surface area contributed by atoms with Crippen molar-refractivity contribution in [1.82, 2.24) is 0 Å². The van der Waals surface area contributed by atoms with E-state index in [-0.39, 0.29) is 5.78 Å². The standard InChI is InChI=1S/C19H28O2/c1-16(10-8-14-19(2,3)21)9-7-13-18(20)15-17-11-5-4-6-12-17/h4-7,11-13,16,21H,8-10,14-15H2,1-3H3/t16-/m0/s1. The van der Waals surface area contributed by atoms with Crippen LogP contribution >= 0.6 is 0 Å². The topological polar surface area (TPSA) is 37.3 Å². The number of ketones is 1. The van der Waals surface area contributed by atoms with E-state index in [1.165, 1.54) is 0 Å². The van der Waals surface area contributed by atoms with Gasteiger partial charge in [0.05, 0.1) is 5.60 Å². The molecule has 1 aromatic rings. The van der Waals surface area contributed by atoms with Crippen LogP contribution in [-0.4, -0.2) is 16.5 Å². The highest BCUT2D eigenvalue weighted by atomic mass is 16.3. The van der Waals surface area contributed by atoms with E-state index in [2.05, 4.69) is 6.92 Å². The van der Waals surface area contributed by atoms with Gasteiger partial charge in [-0.2, -0.15) is 0 Å². The van der Waals surface area contributed by atoms with Crippen molar-refractivity contribution < 1.29 is 9.90 Å². The van der Waals surface area contributed by atoms with Gasteiger partial charge in [0.15, 0.2) is 5.78 Å². The smallest absolute Gasteiger partial charge is 0.159 e. The third-order valence-electron chi connectivity index (χ3n) is 3.55. The van der Waals surface area contributed by atoms with Gasteiger partial charge in [-0.1, -0.05) is 56.2 Å². The summed E-state index contributed by atoms with van der Waals surface area (Å²) in [5.41, 5.74) is 0.492. The Morgan fingerprint density at radius 3 is 2.57 bits per heavy atom. The summed E-state index contributed by atoms with van der Waals surface area (Å²) in [5.74, 6) is 0.706. The summed E-state index contributed by atoms with van der Waals surface area (Å²) in [6, 6.07) is 9.82. The van der Waals surface area contributed by atoms with Crippen molar-refractivity contribution in [2.24, 2.45) is 5.92 Å². The van der Waals surface area contributed by atoms with E-state index >= 15 is 0 Å². The number of rotatable bonds is 9. The second-order valence-electron chi connectivity index (χ2n) is 6.58. The van der Waals surface area contributed by atoms with Gasteiger partial charge in [0.1, 0.15) is 0 Å². The van der Waals surface area contributed by atoms with Gasteiger partial charge in [0.25, 0.3) is 0 Å². The first kappa shape index (κ1) is 17.6. The molecular formula is C19H28O2. The molecule has 0 saturated heterocycles. The fraction of sp³-hybridized carbons (Fsp3) is 0.526. The van der Waals surface area contributed by atoms with E-state index in [1.54, 1.807) is 6.08 Å². The van der Waals surface area contributed by atoms with Crippen LogP contribution in [0.5, 0.6) is 0 Å². The van der Waals surface area contributed by atoms with Gasteiger partial charge < -0.3 is 5.11 Å². The molecule has 0 unspecified atom stereocenters. The zero-order valence-electron chi connectivity index (χ0n) is 13.5. The summed E-state index contributed by atoms with van der Waals surface area (Å²) in [5, 5.41) is 9.66. The molecule has 0 heterocycles. The lowest BCUT2D eigenvalue weighted by molar-refractivity contribution is -0.114. The monoisotopic (exact) mass is 288 g/mol. The second-order valence-corrected chi connectivity index (χ2v) is 6.58. The normalized spacial score (nSPS) is 13.5. The predicted molar refractivity (Wildman–Crippen MR) is 88.2 cm³/mol. The lowest BCUT2D eigenvalue weighted by atomic mass is 9.95. The van der Waals surface area contributed by atoms with Crippen LogP contribution < -0.4 is 0 Å². The second kappa shape index (κ2) is 8.78. The molecule has 0 aromatic heterocycles. The molecule has 116 valence electrons. The molecular weight excluding hydrogens is 260 g/mol. The Bertz CT molecular complexity index is 440. The highest BCUT2D eigenvalue weighted by Crippen LogP contribution is 2.18. The fourth-order valence-electron chi connectivity index (χ4n) is 2.29. The maximum atomic E-state index is 11.8. The number of aliphatic hydroxyl groups is 1. The van der Waals surface area contributed by atoms with Crippen LogP contribution in [0.1, 0.15) is 52.0 Å². The Labute approximate surface area is 128 Å². The van der Waals surface area contributed by atoms with E-state index in [0.717, 1.165) is 31.2 Å². The van der Waals surface area contributed by atoms with Crippen molar-refractivity contribution in [3.8, 4) is 0 Å². The van der Waals surface area contributed by atoms with Crippen molar-refractivity contribution in [3.63, 3.8) is 0 Å². The lowest BCUT2D eigenvalue weighted by Gasteiger charge is -2.17. The summed E-state index contributed by atoms with van der Waals surface area (Å²) < 4.78 is 0. The Balaban J connectivity index is 2.22. The SMILES string of the molecule is C[C@@H](CC=CC(=O)Cc1ccccc1)CCCC(C)(C)O. The minimum absolute atomic E-state index is 0.157. The Kier molecular flexibility index (Phi) is 7.38. The predicted octanol–water partition coefficient (Wildman–Crippen LogP) is 4.32. The quantitative estimate of drug-likeness (QED) is 0.687. The largest absolute Gasteiger partial charge is 0.390 e. The molecule has 1 atom stereocenters. The zero-order chi connectivity index (χ0) is 15.7. The number of benzene rings is 1. The number of allylic oxidation sites excluding steroid dienone is 2. The van der Waals surface area contributed by atoms with Crippen LogP contribution in [0.2, 0.25) is 0 Å². The lowest BCUT2D eigenvalue weighted by Crippen LogP contribution is -2.18. The first-order valence-electron chi connectivity index (χ1n) is 7.82. The van der Waals surface area contributed by atoms with Crippen LogP contribution in [0.3, 0.4) is 0 Å². The molecule has 0 spiro atoms. The van der Waals surface area contributed by atoms with Crippen LogP contribution in [0.15, 0.2) is 42.5 Å². The van der Waals surface area contributed by atoms with Gasteiger partial charge in [-0.05, 0) is 44.2 Å². The van der Waals surface area contributed by atoms with E-state index < -0.39 is 5.60 Å². The third kappa shape index (κ3) is 9.19. The van der Waals surface area contributed by atoms with E-state index in [9.17, 15) is 9.90 Å². The molecule has 21 heavy (non-hydrogen) atoms. The van der Waals surface area contributed by atoms with E-state index in [4.69, 9.17) is 0 Å². The summed E-state index contributed by atoms with van der Waals surface area (Å²) in [4.78, 5) is 11.8. The van der Waals surface area contributed by atoms with Crippen LogP contribution in [0.25, 0.3) is 0 Å². The highest BCUT2D eigenvalue weighted by Gasteiger charge is 2.12. The Hall–Kier alpha value is -1.41. The van der Waals surface area contributed by atoms with Crippen molar-refractivity contribution in [2.75, 3.05) is 0 Å². The molecule has 0 bridgehead atoms. The number of hydrogen-bond acceptors (Lipinski definition) is 2. The summed E-state index contributed by atoms with van der Waals surface area (Å²) >= 11 is 0. The molecule has 1 aromatic carbocycles. The Morgan fingerprint density at radius 2 is 1.95 bits per heavy atom. The van der Waals surface area contributed by atoms with Gasteiger partial charge in [0, 0.05) is 6.42 Å². The van der Waals surface area contributed by atoms with Crippen LogP contribution in [-0.2, 0) is 11.2 Å². The summed E-state index contributed by atoms with van der Waals surface area (Å²) in [6.07, 6.45) is 8.03. The molecule has 0 aliphatic carbocycles. The van der Waals surface area contributed by atoms with E-state index in [0.29, 0.717) is 12.3 Å². The van der Waals surface area contributed by atoms with Crippen molar-refractivity contribution in [3.05, 3.63) is 48.0 Å². The molecule has 0 aliphatic heterocycles. The third-order valence-corrected chi connectivity index (χ3v) is 3.55. The molecule has 0 fully saturated rings. The summed E-state index contributed by atoms with van der Waals surface area (Å²) in [6.45, 7) is 5.88. The van der Waals surface area contributed by atoms with Gasteiger partial charge in [-0.3, -0.25) is 4.79 Å². The fourth-order valence-corrected chi connectivity index (χ4v) is 2.29. The molecule has 1 rings (SSSR count). The first-order chi connectivity index (χ1) is 9.87. The molecule has 2 heteroatoms. The van der Waals surface area contributed by atoms with Gasteiger partial charge >= 0.3 is 0 Å². The van der Waals surface area contributed by atoms with E-state index in [1.807, 2.05) is 50.3 Å². The number of carbonyl (C=O) groups excluding carboxylic acids is 1. The first-order valence-corrected chi connectivity index (χ1v) is 7.82. The maximum absolute atomic E-state index is 11.8.